The highest BCUT2D eigenvalue weighted by Crippen LogP contribution is 2.23. The minimum absolute atomic E-state index is 0.622. The van der Waals surface area contributed by atoms with Gasteiger partial charge in [-0.3, -0.25) is 0 Å². The number of rotatable bonds is 0. The molecular formula is C15H10N2. The SMILES string of the molecule is C#Cc1cc2nc3ccccc3cc2cc1N. The van der Waals surface area contributed by atoms with Gasteiger partial charge in [-0.1, -0.05) is 24.1 Å². The Morgan fingerprint density at radius 3 is 2.65 bits per heavy atom. The normalized spacial score (nSPS) is 10.5. The molecule has 2 nitrogen and oxygen atoms in total. The van der Waals surface area contributed by atoms with Crippen LogP contribution in [0.5, 0.6) is 0 Å². The van der Waals surface area contributed by atoms with Gasteiger partial charge in [-0.05, 0) is 24.3 Å². The fourth-order valence-electron chi connectivity index (χ4n) is 1.97. The van der Waals surface area contributed by atoms with E-state index in [-0.39, 0.29) is 0 Å². The number of anilines is 1. The van der Waals surface area contributed by atoms with Crippen LogP contribution in [0.3, 0.4) is 0 Å². The smallest absolute Gasteiger partial charge is 0.0723 e. The maximum atomic E-state index is 5.87. The second-order valence-electron chi connectivity index (χ2n) is 3.96. The Hall–Kier alpha value is -2.53. The molecule has 1 heterocycles. The lowest BCUT2D eigenvalue weighted by molar-refractivity contribution is 1.49. The summed E-state index contributed by atoms with van der Waals surface area (Å²) in [5, 5.41) is 2.12. The number of pyridine rings is 1. The number of hydrogen-bond donors (Lipinski definition) is 1. The van der Waals surface area contributed by atoms with Crippen molar-refractivity contribution in [2.24, 2.45) is 0 Å². The van der Waals surface area contributed by atoms with Gasteiger partial charge in [0.05, 0.1) is 11.0 Å². The third-order valence-corrected chi connectivity index (χ3v) is 2.84. The lowest BCUT2D eigenvalue weighted by Gasteiger charge is -2.04. The molecular weight excluding hydrogens is 208 g/mol. The van der Waals surface area contributed by atoms with E-state index in [1.807, 2.05) is 36.4 Å². The summed E-state index contributed by atoms with van der Waals surface area (Å²) in [5.74, 6) is 2.57. The van der Waals surface area contributed by atoms with Gasteiger partial charge in [-0.25, -0.2) is 4.98 Å². The molecule has 0 aliphatic carbocycles. The maximum Gasteiger partial charge on any atom is 0.0723 e. The molecule has 1 aromatic heterocycles. The molecule has 0 atom stereocenters. The summed E-state index contributed by atoms with van der Waals surface area (Å²) in [6.07, 6.45) is 5.40. The molecule has 0 aliphatic rings. The van der Waals surface area contributed by atoms with E-state index in [2.05, 4.69) is 17.0 Å². The van der Waals surface area contributed by atoms with E-state index in [1.165, 1.54) is 0 Å². The van der Waals surface area contributed by atoms with Crippen molar-refractivity contribution in [3.05, 3.63) is 48.0 Å². The minimum atomic E-state index is 0.622. The lowest BCUT2D eigenvalue weighted by atomic mass is 10.1. The van der Waals surface area contributed by atoms with Gasteiger partial charge in [0.2, 0.25) is 0 Å². The van der Waals surface area contributed by atoms with Gasteiger partial charge in [0.1, 0.15) is 0 Å². The van der Waals surface area contributed by atoms with E-state index in [0.29, 0.717) is 11.3 Å². The number of benzene rings is 2. The second-order valence-corrected chi connectivity index (χ2v) is 3.96. The van der Waals surface area contributed by atoms with Crippen molar-refractivity contribution in [3.8, 4) is 12.3 Å². The van der Waals surface area contributed by atoms with Crippen LogP contribution in [0.2, 0.25) is 0 Å². The van der Waals surface area contributed by atoms with Gasteiger partial charge < -0.3 is 5.73 Å². The molecule has 0 amide bonds. The average Bonchev–Trinajstić information content (AvgIpc) is 2.35. The standard InChI is InChI=1S/C15H10N2/c1-2-10-9-15-12(8-13(10)16)7-11-5-3-4-6-14(11)17-15/h1,3-9H,16H2. The van der Waals surface area contributed by atoms with Gasteiger partial charge in [-0.15, -0.1) is 6.42 Å². The number of nitrogens with zero attached hydrogens (tertiary/aromatic N) is 1. The number of terminal acetylenes is 1. The molecule has 0 radical (unpaired) electrons. The Kier molecular flexibility index (Phi) is 1.99. The van der Waals surface area contributed by atoms with Crippen molar-refractivity contribution in [2.75, 3.05) is 5.73 Å². The minimum Gasteiger partial charge on any atom is -0.398 e. The predicted octanol–water partition coefficient (Wildman–Crippen LogP) is 2.95. The van der Waals surface area contributed by atoms with Crippen molar-refractivity contribution >= 4 is 27.5 Å². The maximum absolute atomic E-state index is 5.87. The van der Waals surface area contributed by atoms with Crippen molar-refractivity contribution in [2.45, 2.75) is 0 Å². The van der Waals surface area contributed by atoms with E-state index < -0.39 is 0 Å². The molecule has 0 unspecified atom stereocenters. The summed E-state index contributed by atoms with van der Waals surface area (Å²) in [6.45, 7) is 0. The van der Waals surface area contributed by atoms with Crippen molar-refractivity contribution < 1.29 is 0 Å². The van der Waals surface area contributed by atoms with E-state index >= 15 is 0 Å². The van der Waals surface area contributed by atoms with Gasteiger partial charge in [0.15, 0.2) is 0 Å². The molecule has 0 spiro atoms. The number of hydrogen-bond acceptors (Lipinski definition) is 2. The van der Waals surface area contributed by atoms with Crippen LogP contribution in [0.4, 0.5) is 5.69 Å². The fraction of sp³-hybridized carbons (Fsp3) is 0. The van der Waals surface area contributed by atoms with E-state index in [4.69, 9.17) is 12.2 Å². The third-order valence-electron chi connectivity index (χ3n) is 2.84. The molecule has 2 N–H and O–H groups in total. The molecule has 0 aliphatic heterocycles. The molecule has 2 aromatic carbocycles. The largest absolute Gasteiger partial charge is 0.398 e. The van der Waals surface area contributed by atoms with Crippen LogP contribution < -0.4 is 5.73 Å². The first-order valence-electron chi connectivity index (χ1n) is 5.33. The first-order valence-corrected chi connectivity index (χ1v) is 5.33. The van der Waals surface area contributed by atoms with Gasteiger partial charge >= 0.3 is 0 Å². The second kappa shape index (κ2) is 3.50. The highest BCUT2D eigenvalue weighted by Gasteiger charge is 2.03. The molecule has 3 aromatic rings. The van der Waals surface area contributed by atoms with Crippen LogP contribution >= 0.6 is 0 Å². The third kappa shape index (κ3) is 1.49. The van der Waals surface area contributed by atoms with Gasteiger partial charge in [0.25, 0.3) is 0 Å². The number of fused-ring (bicyclic) bond motifs is 2. The van der Waals surface area contributed by atoms with Gasteiger partial charge in [-0.2, -0.15) is 0 Å². The number of aromatic nitrogens is 1. The topological polar surface area (TPSA) is 38.9 Å². The Morgan fingerprint density at radius 1 is 1.00 bits per heavy atom. The first-order chi connectivity index (χ1) is 8.28. The first kappa shape index (κ1) is 9.68. The number of para-hydroxylation sites is 1. The van der Waals surface area contributed by atoms with Crippen LogP contribution in [0.1, 0.15) is 5.56 Å². The molecule has 0 bridgehead atoms. The van der Waals surface area contributed by atoms with Crippen LogP contribution in [-0.2, 0) is 0 Å². The summed E-state index contributed by atoms with van der Waals surface area (Å²) >= 11 is 0. The van der Waals surface area contributed by atoms with Crippen LogP contribution in [0.25, 0.3) is 21.8 Å². The molecule has 0 fully saturated rings. The highest BCUT2D eigenvalue weighted by molar-refractivity contribution is 5.95. The predicted molar refractivity (Wildman–Crippen MR) is 71.6 cm³/mol. The Morgan fingerprint density at radius 2 is 1.82 bits per heavy atom. The van der Waals surface area contributed by atoms with Crippen molar-refractivity contribution in [3.63, 3.8) is 0 Å². The molecule has 2 heteroatoms. The Balaban J connectivity index is 2.45. The molecule has 0 saturated heterocycles. The zero-order chi connectivity index (χ0) is 11.8. The van der Waals surface area contributed by atoms with Crippen LogP contribution in [-0.4, -0.2) is 4.98 Å². The Labute approximate surface area is 99.1 Å². The molecule has 0 saturated carbocycles. The summed E-state index contributed by atoms with van der Waals surface area (Å²) in [4.78, 5) is 4.58. The van der Waals surface area contributed by atoms with Gasteiger partial charge in [0, 0.05) is 22.0 Å². The quantitative estimate of drug-likeness (QED) is 0.358. The van der Waals surface area contributed by atoms with Crippen LogP contribution in [0, 0.1) is 12.3 Å². The number of nitrogens with two attached hydrogens (primary N) is 1. The van der Waals surface area contributed by atoms with Crippen molar-refractivity contribution in [1.29, 1.82) is 0 Å². The molecule has 17 heavy (non-hydrogen) atoms. The summed E-state index contributed by atoms with van der Waals surface area (Å²) in [6, 6.07) is 13.8. The van der Waals surface area contributed by atoms with E-state index in [0.717, 1.165) is 21.8 Å². The molecule has 80 valence electrons. The fourth-order valence-corrected chi connectivity index (χ4v) is 1.97. The summed E-state index contributed by atoms with van der Waals surface area (Å²) in [5.41, 5.74) is 9.03. The lowest BCUT2D eigenvalue weighted by Crippen LogP contribution is -1.91. The van der Waals surface area contributed by atoms with Crippen LogP contribution in [0.15, 0.2) is 42.5 Å². The zero-order valence-electron chi connectivity index (χ0n) is 9.14. The molecule has 3 rings (SSSR count). The van der Waals surface area contributed by atoms with E-state index in [9.17, 15) is 0 Å². The van der Waals surface area contributed by atoms with Crippen molar-refractivity contribution in [1.82, 2.24) is 4.98 Å². The average molecular weight is 218 g/mol. The monoisotopic (exact) mass is 218 g/mol. The highest BCUT2D eigenvalue weighted by atomic mass is 14.7. The summed E-state index contributed by atoms with van der Waals surface area (Å²) in [7, 11) is 0. The van der Waals surface area contributed by atoms with E-state index in [1.54, 1.807) is 0 Å². The Bertz CT molecular complexity index is 767. The summed E-state index contributed by atoms with van der Waals surface area (Å²) < 4.78 is 0. The number of nitrogen functional groups attached to an aromatic ring is 1. The zero-order valence-corrected chi connectivity index (χ0v) is 9.14.